The van der Waals surface area contributed by atoms with Crippen LogP contribution >= 0.6 is 24.0 Å². The van der Waals surface area contributed by atoms with E-state index in [-0.39, 0.29) is 11.2 Å². The summed E-state index contributed by atoms with van der Waals surface area (Å²) in [6, 6.07) is 6.46. The molecule has 0 bridgehead atoms. The Balaban J connectivity index is 2.60. The van der Waals surface area contributed by atoms with Crippen molar-refractivity contribution < 1.29 is 9.59 Å². The zero-order chi connectivity index (χ0) is 16.7. The fraction of sp³-hybridized carbons (Fsp3) is 0.400. The van der Waals surface area contributed by atoms with Gasteiger partial charge in [0.25, 0.3) is 0 Å². The maximum Gasteiger partial charge on any atom is 0.248 e. The molecular formula is C15H21N3O2S2. The minimum Gasteiger partial charge on any atom is -0.366 e. The maximum atomic E-state index is 12.2. The number of hydrogen-bond acceptors (Lipinski definition) is 4. The largest absolute Gasteiger partial charge is 0.366 e. The van der Waals surface area contributed by atoms with Crippen LogP contribution in [0.5, 0.6) is 0 Å². The second kappa shape index (κ2) is 8.75. The van der Waals surface area contributed by atoms with Crippen LogP contribution in [0.15, 0.2) is 24.3 Å². The summed E-state index contributed by atoms with van der Waals surface area (Å²) in [6.45, 7) is 7.52. The Labute approximate surface area is 140 Å². The fourth-order valence-electron chi connectivity index (χ4n) is 1.72. The number of primary amides is 1. The molecule has 7 heteroatoms. The highest BCUT2D eigenvalue weighted by Crippen LogP contribution is 2.18. The minimum atomic E-state index is -0.494. The second-order valence-corrected chi connectivity index (χ2v) is 6.60. The third kappa shape index (κ3) is 5.31. The van der Waals surface area contributed by atoms with Crippen molar-refractivity contribution in [3.05, 3.63) is 29.8 Å². The Bertz CT molecular complexity index is 542. The molecule has 1 aromatic carbocycles. The first-order chi connectivity index (χ1) is 10.4. The van der Waals surface area contributed by atoms with Crippen LogP contribution < -0.4 is 11.1 Å². The highest BCUT2D eigenvalue weighted by Gasteiger charge is 2.18. The summed E-state index contributed by atoms with van der Waals surface area (Å²) in [4.78, 5) is 25.2. The molecule has 0 saturated carbocycles. The molecule has 0 aromatic heterocycles. The van der Waals surface area contributed by atoms with Gasteiger partial charge < -0.3 is 16.0 Å². The lowest BCUT2D eigenvalue weighted by Crippen LogP contribution is -2.31. The van der Waals surface area contributed by atoms with Gasteiger partial charge >= 0.3 is 0 Å². The second-order valence-electron chi connectivity index (χ2n) is 4.63. The van der Waals surface area contributed by atoms with Gasteiger partial charge in [0, 0.05) is 24.3 Å². The van der Waals surface area contributed by atoms with Gasteiger partial charge in [0.1, 0.15) is 4.32 Å². The zero-order valence-corrected chi connectivity index (χ0v) is 14.6. The lowest BCUT2D eigenvalue weighted by atomic mass is 10.2. The molecule has 1 rings (SSSR count). The standard InChI is InChI=1S/C15H21N3O2S2/c1-4-18(5-2)15(21)22-10(3)14(20)17-12-8-6-11(7-9-12)13(16)19/h6-10H,4-5H2,1-3H3,(H2,16,19)(H,17,20)/t10-/m1/s1. The molecule has 0 aliphatic rings. The van der Waals surface area contributed by atoms with Crippen LogP contribution in [0.2, 0.25) is 0 Å². The number of nitrogens with zero attached hydrogens (tertiary/aromatic N) is 1. The van der Waals surface area contributed by atoms with E-state index in [0.29, 0.717) is 11.3 Å². The van der Waals surface area contributed by atoms with Gasteiger partial charge in [-0.2, -0.15) is 0 Å². The van der Waals surface area contributed by atoms with Crippen molar-refractivity contribution in [2.45, 2.75) is 26.0 Å². The van der Waals surface area contributed by atoms with Crippen LogP contribution in [-0.2, 0) is 4.79 Å². The quantitative estimate of drug-likeness (QED) is 0.779. The number of anilines is 1. The van der Waals surface area contributed by atoms with E-state index in [9.17, 15) is 9.59 Å². The molecule has 22 heavy (non-hydrogen) atoms. The van der Waals surface area contributed by atoms with E-state index in [1.807, 2.05) is 25.7 Å². The number of hydrogen-bond donors (Lipinski definition) is 2. The highest BCUT2D eigenvalue weighted by molar-refractivity contribution is 8.23. The average molecular weight is 339 g/mol. The van der Waals surface area contributed by atoms with Crippen molar-refractivity contribution in [2.24, 2.45) is 5.73 Å². The number of rotatable bonds is 6. The van der Waals surface area contributed by atoms with Gasteiger partial charge in [-0.1, -0.05) is 24.0 Å². The number of benzene rings is 1. The number of nitrogens with one attached hydrogen (secondary N) is 1. The molecule has 0 saturated heterocycles. The Morgan fingerprint density at radius 1 is 1.27 bits per heavy atom. The first-order valence-electron chi connectivity index (χ1n) is 7.05. The highest BCUT2D eigenvalue weighted by atomic mass is 32.2. The Morgan fingerprint density at radius 2 is 1.82 bits per heavy atom. The van der Waals surface area contributed by atoms with E-state index in [1.165, 1.54) is 11.8 Å². The average Bonchev–Trinajstić information content (AvgIpc) is 2.48. The number of thiocarbonyl (C=S) groups is 1. The lowest BCUT2D eigenvalue weighted by molar-refractivity contribution is -0.115. The molecular weight excluding hydrogens is 318 g/mol. The molecule has 0 fully saturated rings. The van der Waals surface area contributed by atoms with Gasteiger partial charge in [0.05, 0.1) is 5.25 Å². The molecule has 0 unspecified atom stereocenters. The van der Waals surface area contributed by atoms with E-state index in [0.717, 1.165) is 17.4 Å². The van der Waals surface area contributed by atoms with Crippen molar-refractivity contribution in [1.82, 2.24) is 4.90 Å². The van der Waals surface area contributed by atoms with Gasteiger partial charge in [-0.05, 0) is 45.0 Å². The Morgan fingerprint density at radius 3 is 2.27 bits per heavy atom. The summed E-state index contributed by atoms with van der Waals surface area (Å²) in [6.07, 6.45) is 0. The number of amides is 2. The monoisotopic (exact) mass is 339 g/mol. The third-order valence-corrected chi connectivity index (χ3v) is 4.68. The molecule has 0 heterocycles. The molecule has 0 aliphatic carbocycles. The molecule has 5 nitrogen and oxygen atoms in total. The SMILES string of the molecule is CCN(CC)C(=S)S[C@H](C)C(=O)Nc1ccc(C(N)=O)cc1. The van der Waals surface area contributed by atoms with E-state index < -0.39 is 5.91 Å². The molecule has 2 amide bonds. The van der Waals surface area contributed by atoms with Crippen LogP contribution in [0.1, 0.15) is 31.1 Å². The molecule has 0 spiro atoms. The van der Waals surface area contributed by atoms with Crippen molar-refractivity contribution in [2.75, 3.05) is 18.4 Å². The first kappa shape index (κ1) is 18.4. The molecule has 1 atom stereocenters. The van der Waals surface area contributed by atoms with Gasteiger partial charge in [0.2, 0.25) is 11.8 Å². The van der Waals surface area contributed by atoms with Crippen molar-refractivity contribution in [3.63, 3.8) is 0 Å². The number of carbonyl (C=O) groups is 2. The van der Waals surface area contributed by atoms with Crippen molar-refractivity contribution >= 4 is 45.8 Å². The molecule has 3 N–H and O–H groups in total. The Kier molecular flexibility index (Phi) is 7.34. The first-order valence-corrected chi connectivity index (χ1v) is 8.34. The summed E-state index contributed by atoms with van der Waals surface area (Å²) in [5, 5.41) is 2.50. The predicted molar refractivity (Wildman–Crippen MR) is 96.2 cm³/mol. The summed E-state index contributed by atoms with van der Waals surface area (Å²) >= 11 is 6.70. The van der Waals surface area contributed by atoms with Gasteiger partial charge in [-0.3, -0.25) is 9.59 Å². The van der Waals surface area contributed by atoms with Crippen LogP contribution in [0, 0.1) is 0 Å². The lowest BCUT2D eigenvalue weighted by Gasteiger charge is -2.22. The van der Waals surface area contributed by atoms with Crippen molar-refractivity contribution in [3.8, 4) is 0 Å². The van der Waals surface area contributed by atoms with Crippen LogP contribution in [-0.4, -0.2) is 39.4 Å². The van der Waals surface area contributed by atoms with E-state index >= 15 is 0 Å². The Hall–Kier alpha value is -1.60. The van der Waals surface area contributed by atoms with Gasteiger partial charge in [-0.25, -0.2) is 0 Å². The molecule has 0 aliphatic heterocycles. The predicted octanol–water partition coefficient (Wildman–Crippen LogP) is 2.47. The van der Waals surface area contributed by atoms with E-state index in [1.54, 1.807) is 24.3 Å². The van der Waals surface area contributed by atoms with Crippen LogP contribution in [0.3, 0.4) is 0 Å². The minimum absolute atomic E-state index is 0.133. The molecule has 1 aromatic rings. The number of carbonyl (C=O) groups excluding carboxylic acids is 2. The summed E-state index contributed by atoms with van der Waals surface area (Å²) < 4.78 is 0.719. The normalized spacial score (nSPS) is 11.6. The molecule has 0 radical (unpaired) electrons. The van der Waals surface area contributed by atoms with E-state index in [2.05, 4.69) is 5.32 Å². The number of nitrogens with two attached hydrogens (primary N) is 1. The topological polar surface area (TPSA) is 75.4 Å². The maximum absolute atomic E-state index is 12.2. The summed E-state index contributed by atoms with van der Waals surface area (Å²) in [5.74, 6) is -0.627. The zero-order valence-electron chi connectivity index (χ0n) is 13.0. The van der Waals surface area contributed by atoms with Gasteiger partial charge in [-0.15, -0.1) is 0 Å². The number of thioether (sulfide) groups is 1. The summed E-state index contributed by atoms with van der Waals surface area (Å²) in [5.41, 5.74) is 6.20. The van der Waals surface area contributed by atoms with E-state index in [4.69, 9.17) is 18.0 Å². The summed E-state index contributed by atoms with van der Waals surface area (Å²) in [7, 11) is 0. The third-order valence-electron chi connectivity index (χ3n) is 3.11. The van der Waals surface area contributed by atoms with Gasteiger partial charge in [0.15, 0.2) is 0 Å². The van der Waals surface area contributed by atoms with Crippen LogP contribution in [0.25, 0.3) is 0 Å². The fourth-order valence-corrected chi connectivity index (χ4v) is 3.29. The van der Waals surface area contributed by atoms with Crippen LogP contribution in [0.4, 0.5) is 5.69 Å². The molecule has 120 valence electrons. The van der Waals surface area contributed by atoms with Crippen molar-refractivity contribution in [1.29, 1.82) is 0 Å². The smallest absolute Gasteiger partial charge is 0.248 e.